The molecule has 2 aliphatic carbocycles. The Hall–Kier alpha value is -0.860. The fourth-order valence-corrected chi connectivity index (χ4v) is 3.57. The molecule has 0 spiro atoms. The van der Waals surface area contributed by atoms with Crippen molar-refractivity contribution in [2.45, 2.75) is 70.0 Å². The second kappa shape index (κ2) is 7.42. The van der Waals surface area contributed by atoms with Gasteiger partial charge in [0.05, 0.1) is 0 Å². The first kappa shape index (κ1) is 15.1. The van der Waals surface area contributed by atoms with Crippen molar-refractivity contribution in [3.63, 3.8) is 0 Å². The lowest BCUT2D eigenvalue weighted by molar-refractivity contribution is 0.184. The van der Waals surface area contributed by atoms with Crippen LogP contribution < -0.4 is 5.32 Å². The molecule has 0 heterocycles. The maximum Gasteiger partial charge on any atom is 0.0236 e. The number of nitrogens with zero attached hydrogens (tertiary/aromatic N) is 1. The highest BCUT2D eigenvalue weighted by Crippen LogP contribution is 2.24. The second-order valence-corrected chi connectivity index (χ2v) is 6.95. The van der Waals surface area contributed by atoms with Crippen molar-refractivity contribution in [3.8, 4) is 0 Å². The van der Waals surface area contributed by atoms with Crippen LogP contribution in [0.5, 0.6) is 0 Å². The zero-order valence-corrected chi connectivity index (χ0v) is 13.5. The molecule has 3 rings (SSSR count). The van der Waals surface area contributed by atoms with Crippen molar-refractivity contribution >= 4 is 0 Å². The number of hydrogen-bond donors (Lipinski definition) is 1. The molecule has 116 valence electrons. The predicted molar refractivity (Wildman–Crippen MR) is 89.5 cm³/mol. The van der Waals surface area contributed by atoms with E-state index in [9.17, 15) is 0 Å². The molecule has 1 aromatic carbocycles. The van der Waals surface area contributed by atoms with E-state index in [0.717, 1.165) is 25.2 Å². The molecule has 2 nitrogen and oxygen atoms in total. The highest BCUT2D eigenvalue weighted by atomic mass is 15.1. The Labute approximate surface area is 129 Å². The van der Waals surface area contributed by atoms with E-state index in [4.69, 9.17) is 0 Å². The van der Waals surface area contributed by atoms with Crippen molar-refractivity contribution in [1.82, 2.24) is 10.2 Å². The molecule has 21 heavy (non-hydrogen) atoms. The van der Waals surface area contributed by atoms with Crippen molar-refractivity contribution in [3.05, 3.63) is 35.4 Å². The predicted octanol–water partition coefficient (Wildman–Crippen LogP) is 3.75. The van der Waals surface area contributed by atoms with Gasteiger partial charge in [0.1, 0.15) is 0 Å². The van der Waals surface area contributed by atoms with Crippen molar-refractivity contribution < 1.29 is 0 Å². The maximum atomic E-state index is 3.64. The van der Waals surface area contributed by atoms with Gasteiger partial charge in [-0.3, -0.25) is 4.90 Å². The van der Waals surface area contributed by atoms with Gasteiger partial charge >= 0.3 is 0 Å². The molecule has 0 aromatic heterocycles. The Morgan fingerprint density at radius 1 is 1.00 bits per heavy atom. The van der Waals surface area contributed by atoms with Crippen molar-refractivity contribution in [2.24, 2.45) is 0 Å². The van der Waals surface area contributed by atoms with Gasteiger partial charge in [0.15, 0.2) is 0 Å². The van der Waals surface area contributed by atoms with Gasteiger partial charge in [-0.05, 0) is 56.8 Å². The maximum absolute atomic E-state index is 3.64. The highest BCUT2D eigenvalue weighted by molar-refractivity contribution is 5.27. The third kappa shape index (κ3) is 4.55. The van der Waals surface area contributed by atoms with E-state index < -0.39 is 0 Å². The Balaban J connectivity index is 1.55. The summed E-state index contributed by atoms with van der Waals surface area (Å²) in [6.45, 7) is 2.25. The molecule has 2 fully saturated rings. The minimum absolute atomic E-state index is 0.802. The molecule has 2 heteroatoms. The first-order chi connectivity index (χ1) is 10.3. The molecule has 0 radical (unpaired) electrons. The van der Waals surface area contributed by atoms with E-state index in [0.29, 0.717) is 0 Å². The molecule has 2 aliphatic rings. The summed E-state index contributed by atoms with van der Waals surface area (Å²) in [6, 6.07) is 10.7. The van der Waals surface area contributed by atoms with E-state index in [-0.39, 0.29) is 0 Å². The van der Waals surface area contributed by atoms with Crippen LogP contribution in [0.1, 0.15) is 56.1 Å². The molecule has 1 N–H and O–H groups in total. The van der Waals surface area contributed by atoms with Crippen LogP contribution in [0, 0.1) is 0 Å². The molecule has 2 saturated carbocycles. The minimum Gasteiger partial charge on any atom is -0.314 e. The Morgan fingerprint density at radius 3 is 2.43 bits per heavy atom. The van der Waals surface area contributed by atoms with Gasteiger partial charge in [0.2, 0.25) is 0 Å². The van der Waals surface area contributed by atoms with Gasteiger partial charge in [-0.2, -0.15) is 0 Å². The van der Waals surface area contributed by atoms with Crippen molar-refractivity contribution in [1.29, 1.82) is 0 Å². The monoisotopic (exact) mass is 286 g/mol. The van der Waals surface area contributed by atoms with Gasteiger partial charge in [-0.1, -0.05) is 43.5 Å². The van der Waals surface area contributed by atoms with Crippen LogP contribution in [0.4, 0.5) is 0 Å². The molecular formula is C19H30N2. The smallest absolute Gasteiger partial charge is 0.0236 e. The SMILES string of the molecule is CN(Cc1ccccc1CCNC1CC1)C1CCCCC1. The summed E-state index contributed by atoms with van der Waals surface area (Å²) < 4.78 is 0. The minimum atomic E-state index is 0.802. The van der Waals surface area contributed by atoms with Gasteiger partial charge in [-0.25, -0.2) is 0 Å². The number of hydrogen-bond acceptors (Lipinski definition) is 2. The standard InChI is InChI=1S/C19H30N2/c1-21(19-9-3-2-4-10-19)15-17-8-6-5-7-16(17)13-14-20-18-11-12-18/h5-8,18-20H,2-4,9-15H2,1H3. The third-order valence-electron chi connectivity index (χ3n) is 5.14. The van der Waals surface area contributed by atoms with Gasteiger partial charge in [0, 0.05) is 18.6 Å². The summed E-state index contributed by atoms with van der Waals surface area (Å²) in [6.07, 6.45) is 11.0. The summed E-state index contributed by atoms with van der Waals surface area (Å²) in [4.78, 5) is 2.59. The van der Waals surface area contributed by atoms with Crippen molar-refractivity contribution in [2.75, 3.05) is 13.6 Å². The van der Waals surface area contributed by atoms with Gasteiger partial charge < -0.3 is 5.32 Å². The largest absolute Gasteiger partial charge is 0.314 e. The zero-order chi connectivity index (χ0) is 14.5. The lowest BCUT2D eigenvalue weighted by atomic mass is 9.94. The van der Waals surface area contributed by atoms with E-state index in [1.54, 1.807) is 0 Å². The molecule has 0 amide bonds. The van der Waals surface area contributed by atoms with Gasteiger partial charge in [-0.15, -0.1) is 0 Å². The van der Waals surface area contributed by atoms with E-state index in [2.05, 4.69) is 41.5 Å². The first-order valence-electron chi connectivity index (χ1n) is 8.83. The fraction of sp³-hybridized carbons (Fsp3) is 0.684. The zero-order valence-electron chi connectivity index (χ0n) is 13.5. The Morgan fingerprint density at radius 2 is 1.71 bits per heavy atom. The Kier molecular flexibility index (Phi) is 5.32. The summed E-state index contributed by atoms with van der Waals surface area (Å²) in [5.74, 6) is 0. The lowest BCUT2D eigenvalue weighted by Gasteiger charge is -2.31. The molecule has 0 saturated heterocycles. The van der Waals surface area contributed by atoms with E-state index in [1.807, 2.05) is 0 Å². The molecular weight excluding hydrogens is 256 g/mol. The van der Waals surface area contributed by atoms with E-state index in [1.165, 1.54) is 62.5 Å². The van der Waals surface area contributed by atoms with Crippen LogP contribution in [-0.2, 0) is 13.0 Å². The quantitative estimate of drug-likeness (QED) is 0.821. The normalized spacial score (nSPS) is 20.1. The Bertz CT molecular complexity index is 433. The average molecular weight is 286 g/mol. The lowest BCUT2D eigenvalue weighted by Crippen LogP contribution is -2.33. The van der Waals surface area contributed by atoms with Crippen LogP contribution in [0.15, 0.2) is 24.3 Å². The van der Waals surface area contributed by atoms with E-state index >= 15 is 0 Å². The molecule has 0 bridgehead atoms. The summed E-state index contributed by atoms with van der Waals surface area (Å²) >= 11 is 0. The fourth-order valence-electron chi connectivity index (χ4n) is 3.57. The molecule has 0 atom stereocenters. The third-order valence-corrected chi connectivity index (χ3v) is 5.14. The van der Waals surface area contributed by atoms with Gasteiger partial charge in [0.25, 0.3) is 0 Å². The van der Waals surface area contributed by atoms with Crippen LogP contribution in [0.25, 0.3) is 0 Å². The topological polar surface area (TPSA) is 15.3 Å². The second-order valence-electron chi connectivity index (χ2n) is 6.95. The highest BCUT2D eigenvalue weighted by Gasteiger charge is 2.20. The summed E-state index contributed by atoms with van der Waals surface area (Å²) in [5.41, 5.74) is 3.07. The van der Waals surface area contributed by atoms with Crippen LogP contribution in [-0.4, -0.2) is 30.6 Å². The number of nitrogens with one attached hydrogen (secondary N) is 1. The molecule has 0 unspecified atom stereocenters. The summed E-state index contributed by atoms with van der Waals surface area (Å²) in [5, 5.41) is 3.64. The van der Waals surface area contributed by atoms with Crippen LogP contribution >= 0.6 is 0 Å². The number of rotatable bonds is 7. The molecule has 0 aliphatic heterocycles. The summed E-state index contributed by atoms with van der Waals surface area (Å²) in [7, 11) is 2.31. The van der Waals surface area contributed by atoms with Crippen LogP contribution in [0.3, 0.4) is 0 Å². The first-order valence-corrected chi connectivity index (χ1v) is 8.83. The number of benzene rings is 1. The van der Waals surface area contributed by atoms with Crippen LogP contribution in [0.2, 0.25) is 0 Å². The average Bonchev–Trinajstić information content (AvgIpc) is 3.34. The molecule has 1 aromatic rings.